The lowest BCUT2D eigenvalue weighted by molar-refractivity contribution is 0.0637. The van der Waals surface area contributed by atoms with Crippen molar-refractivity contribution >= 4 is 5.91 Å². The van der Waals surface area contributed by atoms with Crippen LogP contribution in [0.3, 0.4) is 0 Å². The summed E-state index contributed by atoms with van der Waals surface area (Å²) in [5.74, 6) is 0.943. The van der Waals surface area contributed by atoms with Crippen molar-refractivity contribution in [3.63, 3.8) is 0 Å². The van der Waals surface area contributed by atoms with Crippen LogP contribution < -0.4 is 4.74 Å². The number of ether oxygens (including phenoxy) is 1. The Labute approximate surface area is 156 Å². The highest BCUT2D eigenvalue weighted by Gasteiger charge is 2.27. The molecule has 1 aliphatic heterocycles. The van der Waals surface area contributed by atoms with Crippen LogP contribution in [0.15, 0.2) is 59.3 Å². The molecule has 2 aromatic heterocycles. The van der Waals surface area contributed by atoms with Gasteiger partial charge < -0.3 is 14.1 Å². The van der Waals surface area contributed by atoms with E-state index in [9.17, 15) is 9.18 Å². The van der Waals surface area contributed by atoms with E-state index in [0.717, 1.165) is 12.8 Å². The van der Waals surface area contributed by atoms with Gasteiger partial charge in [0.2, 0.25) is 0 Å². The zero-order valence-corrected chi connectivity index (χ0v) is 14.8. The third-order valence-corrected chi connectivity index (χ3v) is 4.65. The number of piperidine rings is 1. The van der Waals surface area contributed by atoms with Gasteiger partial charge in [0.1, 0.15) is 23.9 Å². The Morgan fingerprint density at radius 3 is 2.89 bits per heavy atom. The van der Waals surface area contributed by atoms with Gasteiger partial charge in [-0.1, -0.05) is 0 Å². The fraction of sp³-hybridized carbons (Fsp3) is 0.300. The Morgan fingerprint density at radius 2 is 2.11 bits per heavy atom. The summed E-state index contributed by atoms with van der Waals surface area (Å²) in [5.41, 5.74) is 0. The second-order valence-electron chi connectivity index (χ2n) is 6.54. The van der Waals surface area contributed by atoms with Crippen molar-refractivity contribution in [2.75, 3.05) is 13.1 Å². The smallest absolute Gasteiger partial charge is 0.289 e. The average molecular weight is 369 g/mol. The first-order valence-corrected chi connectivity index (χ1v) is 8.94. The summed E-state index contributed by atoms with van der Waals surface area (Å²) >= 11 is 0. The molecule has 3 aromatic rings. The van der Waals surface area contributed by atoms with Crippen LogP contribution in [0, 0.1) is 5.82 Å². The topological polar surface area (TPSA) is 60.5 Å². The van der Waals surface area contributed by atoms with Gasteiger partial charge in [0, 0.05) is 25.5 Å². The van der Waals surface area contributed by atoms with Crippen molar-refractivity contribution in [2.45, 2.75) is 25.5 Å². The van der Waals surface area contributed by atoms with Crippen LogP contribution in [0.4, 0.5) is 4.39 Å². The van der Waals surface area contributed by atoms with Crippen molar-refractivity contribution in [2.24, 2.45) is 0 Å². The lowest BCUT2D eigenvalue weighted by Gasteiger charge is -2.32. The van der Waals surface area contributed by atoms with E-state index >= 15 is 0 Å². The van der Waals surface area contributed by atoms with Crippen molar-refractivity contribution in [1.82, 2.24) is 14.7 Å². The Bertz CT molecular complexity index is 890. The lowest BCUT2D eigenvalue weighted by Crippen LogP contribution is -2.40. The van der Waals surface area contributed by atoms with E-state index in [1.807, 2.05) is 16.9 Å². The summed E-state index contributed by atoms with van der Waals surface area (Å²) in [6.07, 6.45) is 5.61. The monoisotopic (exact) mass is 369 g/mol. The van der Waals surface area contributed by atoms with Crippen LogP contribution in [0.1, 0.15) is 35.2 Å². The highest BCUT2D eigenvalue weighted by molar-refractivity contribution is 5.91. The number of carbonyl (C=O) groups is 1. The summed E-state index contributed by atoms with van der Waals surface area (Å²) in [6.45, 7) is 1.50. The summed E-state index contributed by atoms with van der Waals surface area (Å²) in [4.78, 5) is 14.6. The van der Waals surface area contributed by atoms with Crippen molar-refractivity contribution in [1.29, 1.82) is 0 Å². The number of carbonyl (C=O) groups excluding carboxylic acids is 1. The summed E-state index contributed by atoms with van der Waals surface area (Å²) < 4.78 is 26.0. The normalized spacial score (nSPS) is 17.1. The molecule has 7 heteroatoms. The van der Waals surface area contributed by atoms with Crippen LogP contribution in [0.5, 0.6) is 5.75 Å². The van der Waals surface area contributed by atoms with E-state index in [1.165, 1.54) is 12.1 Å². The maximum absolute atomic E-state index is 12.9. The van der Waals surface area contributed by atoms with E-state index < -0.39 is 0 Å². The molecule has 1 aromatic carbocycles. The minimum atomic E-state index is -0.317. The second-order valence-corrected chi connectivity index (χ2v) is 6.54. The number of likely N-dealkylation sites (tertiary alicyclic amines) is 1. The molecule has 0 aliphatic carbocycles. The molecule has 1 fully saturated rings. The number of amides is 1. The number of halogens is 1. The molecule has 1 amide bonds. The van der Waals surface area contributed by atoms with E-state index in [-0.39, 0.29) is 24.4 Å². The van der Waals surface area contributed by atoms with Gasteiger partial charge in [0.15, 0.2) is 5.76 Å². The number of rotatable bonds is 5. The first-order chi connectivity index (χ1) is 13.2. The molecule has 1 saturated heterocycles. The summed E-state index contributed by atoms with van der Waals surface area (Å²) in [7, 11) is 0. The number of hydrogen-bond acceptors (Lipinski definition) is 4. The molecule has 0 radical (unpaired) electrons. The first kappa shape index (κ1) is 17.3. The van der Waals surface area contributed by atoms with Gasteiger partial charge in [-0.2, -0.15) is 5.10 Å². The quantitative estimate of drug-likeness (QED) is 0.688. The van der Waals surface area contributed by atoms with Gasteiger partial charge in [-0.25, -0.2) is 4.39 Å². The SMILES string of the molecule is O=C(c1ccc(COc2ccc(F)cc2)o1)N1CCCC(n2cccn2)C1. The van der Waals surface area contributed by atoms with Crippen LogP contribution in [0.2, 0.25) is 0 Å². The molecule has 0 spiro atoms. The van der Waals surface area contributed by atoms with Crippen molar-refractivity contribution in [3.05, 3.63) is 72.2 Å². The average Bonchev–Trinajstić information content (AvgIpc) is 3.39. The van der Waals surface area contributed by atoms with Crippen molar-refractivity contribution in [3.8, 4) is 5.75 Å². The molecular weight excluding hydrogens is 349 g/mol. The van der Waals surface area contributed by atoms with Gasteiger partial charge >= 0.3 is 0 Å². The van der Waals surface area contributed by atoms with Crippen LogP contribution in [0.25, 0.3) is 0 Å². The minimum Gasteiger partial charge on any atom is -0.486 e. The maximum Gasteiger partial charge on any atom is 0.289 e. The molecule has 0 N–H and O–H groups in total. The second kappa shape index (κ2) is 7.65. The standard InChI is InChI=1S/C20H20FN3O3/c21-15-4-6-17(7-5-15)26-14-18-8-9-19(27-18)20(25)23-11-1-3-16(13-23)24-12-2-10-22-24/h2,4-10,12,16H,1,3,11,13-14H2. The fourth-order valence-corrected chi connectivity index (χ4v) is 3.26. The minimum absolute atomic E-state index is 0.125. The van der Waals surface area contributed by atoms with E-state index in [4.69, 9.17) is 9.15 Å². The Kier molecular flexibility index (Phi) is 4.91. The van der Waals surface area contributed by atoms with Gasteiger partial charge in [0.05, 0.1) is 6.04 Å². The molecule has 6 nitrogen and oxygen atoms in total. The molecule has 1 atom stereocenters. The van der Waals surface area contributed by atoms with Crippen molar-refractivity contribution < 1.29 is 18.3 Å². The van der Waals surface area contributed by atoms with E-state index in [0.29, 0.717) is 30.4 Å². The largest absolute Gasteiger partial charge is 0.486 e. The highest BCUT2D eigenvalue weighted by Crippen LogP contribution is 2.23. The Balaban J connectivity index is 1.37. The number of furan rings is 1. The zero-order chi connectivity index (χ0) is 18.6. The molecule has 1 aliphatic rings. The number of nitrogens with zero attached hydrogens (tertiary/aromatic N) is 3. The third-order valence-electron chi connectivity index (χ3n) is 4.65. The molecular formula is C20H20FN3O3. The van der Waals surface area contributed by atoms with E-state index in [1.54, 1.807) is 35.4 Å². The van der Waals surface area contributed by atoms with Gasteiger partial charge in [-0.05, 0) is 55.3 Å². The van der Waals surface area contributed by atoms with Gasteiger partial charge in [0.25, 0.3) is 5.91 Å². The molecule has 0 bridgehead atoms. The van der Waals surface area contributed by atoms with Crippen LogP contribution in [-0.4, -0.2) is 33.7 Å². The Hall–Kier alpha value is -3.09. The number of aromatic nitrogens is 2. The molecule has 0 saturated carbocycles. The molecule has 3 heterocycles. The predicted molar refractivity (Wildman–Crippen MR) is 95.8 cm³/mol. The molecule has 27 heavy (non-hydrogen) atoms. The summed E-state index contributed by atoms with van der Waals surface area (Å²) in [6, 6.07) is 11.2. The van der Waals surface area contributed by atoms with Gasteiger partial charge in [-0.3, -0.25) is 9.48 Å². The Morgan fingerprint density at radius 1 is 1.26 bits per heavy atom. The third kappa shape index (κ3) is 4.02. The van der Waals surface area contributed by atoms with Crippen LogP contribution >= 0.6 is 0 Å². The molecule has 4 rings (SSSR count). The number of hydrogen-bond donors (Lipinski definition) is 0. The van der Waals surface area contributed by atoms with E-state index in [2.05, 4.69) is 5.10 Å². The van der Waals surface area contributed by atoms with Crippen LogP contribution in [-0.2, 0) is 6.61 Å². The molecule has 1 unspecified atom stereocenters. The zero-order valence-electron chi connectivity index (χ0n) is 14.8. The fourth-order valence-electron chi connectivity index (χ4n) is 3.26. The first-order valence-electron chi connectivity index (χ1n) is 8.94. The molecule has 140 valence electrons. The number of benzene rings is 1. The lowest BCUT2D eigenvalue weighted by atomic mass is 10.1. The predicted octanol–water partition coefficient (Wildman–Crippen LogP) is 3.67. The summed E-state index contributed by atoms with van der Waals surface area (Å²) in [5, 5.41) is 4.28. The highest BCUT2D eigenvalue weighted by atomic mass is 19.1. The van der Waals surface area contributed by atoms with Gasteiger partial charge in [-0.15, -0.1) is 0 Å². The maximum atomic E-state index is 12.9.